The van der Waals surface area contributed by atoms with Crippen LogP contribution in [0.5, 0.6) is 0 Å². The molecule has 2 saturated heterocycles. The highest BCUT2D eigenvalue weighted by Gasteiger charge is 2.32. The van der Waals surface area contributed by atoms with E-state index in [4.69, 9.17) is 0 Å². The van der Waals surface area contributed by atoms with Gasteiger partial charge in [-0.15, -0.1) is 0 Å². The van der Waals surface area contributed by atoms with Crippen LogP contribution in [0.3, 0.4) is 0 Å². The molecule has 3 fully saturated rings. The van der Waals surface area contributed by atoms with E-state index < -0.39 is 0 Å². The SMILES string of the molecule is c1cc(CN2CCC3NCCC3C2)cc(C2CC2)c1. The van der Waals surface area contributed by atoms with E-state index in [1.54, 1.807) is 5.56 Å². The second-order valence-electron chi connectivity index (χ2n) is 6.65. The van der Waals surface area contributed by atoms with E-state index in [0.29, 0.717) is 0 Å². The topological polar surface area (TPSA) is 15.3 Å². The number of piperidine rings is 1. The van der Waals surface area contributed by atoms with Gasteiger partial charge in [-0.1, -0.05) is 24.3 Å². The molecule has 1 aliphatic carbocycles. The Hall–Kier alpha value is -0.860. The number of rotatable bonds is 3. The first-order valence-electron chi connectivity index (χ1n) is 7.93. The molecule has 0 spiro atoms. The molecule has 2 nitrogen and oxygen atoms in total. The molecule has 1 N–H and O–H groups in total. The molecule has 19 heavy (non-hydrogen) atoms. The lowest BCUT2D eigenvalue weighted by molar-refractivity contribution is 0.156. The molecule has 3 aliphatic rings. The number of hydrogen-bond acceptors (Lipinski definition) is 2. The lowest BCUT2D eigenvalue weighted by atomic mass is 9.93. The highest BCUT2D eigenvalue weighted by atomic mass is 15.2. The monoisotopic (exact) mass is 256 g/mol. The predicted molar refractivity (Wildman–Crippen MR) is 78.2 cm³/mol. The van der Waals surface area contributed by atoms with Crippen molar-refractivity contribution in [1.29, 1.82) is 0 Å². The van der Waals surface area contributed by atoms with Crippen molar-refractivity contribution in [1.82, 2.24) is 10.2 Å². The maximum Gasteiger partial charge on any atom is 0.0233 e. The molecule has 2 aliphatic heterocycles. The first kappa shape index (κ1) is 11.9. The first-order chi connectivity index (χ1) is 9.38. The van der Waals surface area contributed by atoms with Crippen LogP contribution < -0.4 is 5.32 Å². The van der Waals surface area contributed by atoms with Gasteiger partial charge in [-0.2, -0.15) is 0 Å². The fourth-order valence-electron chi connectivity index (χ4n) is 3.89. The highest BCUT2D eigenvalue weighted by molar-refractivity contribution is 5.29. The maximum atomic E-state index is 3.65. The van der Waals surface area contributed by atoms with Crippen molar-refractivity contribution < 1.29 is 0 Å². The summed E-state index contributed by atoms with van der Waals surface area (Å²) in [6.45, 7) is 4.96. The molecule has 0 aromatic heterocycles. The van der Waals surface area contributed by atoms with Gasteiger partial charge in [0.05, 0.1) is 0 Å². The number of hydrogen-bond donors (Lipinski definition) is 1. The number of likely N-dealkylation sites (tertiary alicyclic amines) is 1. The zero-order valence-electron chi connectivity index (χ0n) is 11.6. The van der Waals surface area contributed by atoms with Crippen molar-refractivity contribution in [3.63, 3.8) is 0 Å². The number of benzene rings is 1. The Labute approximate surface area is 116 Å². The molecule has 102 valence electrons. The molecular weight excluding hydrogens is 232 g/mol. The molecule has 2 unspecified atom stereocenters. The van der Waals surface area contributed by atoms with Crippen LogP contribution in [0, 0.1) is 5.92 Å². The van der Waals surface area contributed by atoms with Crippen molar-refractivity contribution in [3.8, 4) is 0 Å². The van der Waals surface area contributed by atoms with Gasteiger partial charge in [0, 0.05) is 19.1 Å². The Morgan fingerprint density at radius 2 is 2.11 bits per heavy atom. The number of fused-ring (bicyclic) bond motifs is 1. The molecule has 2 atom stereocenters. The lowest BCUT2D eigenvalue weighted by Gasteiger charge is -2.34. The Balaban J connectivity index is 1.42. The minimum absolute atomic E-state index is 0.814. The Morgan fingerprint density at radius 3 is 3.00 bits per heavy atom. The third-order valence-corrected chi connectivity index (χ3v) is 5.15. The van der Waals surface area contributed by atoms with Crippen LogP contribution in [0.2, 0.25) is 0 Å². The molecule has 2 heteroatoms. The minimum Gasteiger partial charge on any atom is -0.314 e. The summed E-state index contributed by atoms with van der Waals surface area (Å²) in [5, 5.41) is 3.65. The maximum absolute atomic E-state index is 3.65. The van der Waals surface area contributed by atoms with Crippen LogP contribution in [-0.4, -0.2) is 30.6 Å². The summed E-state index contributed by atoms with van der Waals surface area (Å²) in [7, 11) is 0. The van der Waals surface area contributed by atoms with Gasteiger partial charge in [0.25, 0.3) is 0 Å². The van der Waals surface area contributed by atoms with Crippen LogP contribution in [0.15, 0.2) is 24.3 Å². The molecule has 0 amide bonds. The van der Waals surface area contributed by atoms with E-state index in [9.17, 15) is 0 Å². The van der Waals surface area contributed by atoms with Gasteiger partial charge >= 0.3 is 0 Å². The van der Waals surface area contributed by atoms with Gasteiger partial charge < -0.3 is 5.32 Å². The second kappa shape index (κ2) is 4.92. The fourth-order valence-corrected chi connectivity index (χ4v) is 3.89. The summed E-state index contributed by atoms with van der Waals surface area (Å²) >= 11 is 0. The van der Waals surface area contributed by atoms with Crippen molar-refractivity contribution in [3.05, 3.63) is 35.4 Å². The predicted octanol–water partition coefficient (Wildman–Crippen LogP) is 2.75. The molecule has 1 saturated carbocycles. The minimum atomic E-state index is 0.814. The molecule has 0 radical (unpaired) electrons. The van der Waals surface area contributed by atoms with Gasteiger partial charge in [-0.3, -0.25) is 4.90 Å². The fraction of sp³-hybridized carbons (Fsp3) is 0.647. The third-order valence-electron chi connectivity index (χ3n) is 5.15. The summed E-state index contributed by atoms with van der Waals surface area (Å²) in [6, 6.07) is 10.1. The largest absolute Gasteiger partial charge is 0.314 e. The van der Waals surface area contributed by atoms with Crippen molar-refractivity contribution in [2.75, 3.05) is 19.6 Å². The molecule has 2 heterocycles. The Morgan fingerprint density at radius 1 is 1.16 bits per heavy atom. The number of nitrogens with zero attached hydrogens (tertiary/aromatic N) is 1. The molecular formula is C17H24N2. The normalized spacial score (nSPS) is 31.4. The van der Waals surface area contributed by atoms with E-state index in [1.807, 2.05) is 0 Å². The Kier molecular flexibility index (Phi) is 3.08. The zero-order chi connectivity index (χ0) is 12.7. The standard InChI is InChI=1S/C17H24N2/c1-2-13(10-15(3-1)14-4-5-14)11-19-9-7-17-16(12-19)6-8-18-17/h1-3,10,14,16-18H,4-9,11-12H2. The number of nitrogens with one attached hydrogen (secondary N) is 1. The van der Waals surface area contributed by atoms with Crippen molar-refractivity contribution in [2.45, 2.75) is 44.2 Å². The zero-order valence-corrected chi connectivity index (χ0v) is 11.6. The van der Waals surface area contributed by atoms with E-state index in [0.717, 1.165) is 24.4 Å². The summed E-state index contributed by atoms with van der Waals surface area (Å²) in [4.78, 5) is 2.67. The van der Waals surface area contributed by atoms with Crippen LogP contribution >= 0.6 is 0 Å². The van der Waals surface area contributed by atoms with Gasteiger partial charge in [0.1, 0.15) is 0 Å². The van der Waals surface area contributed by atoms with Crippen LogP contribution in [0.1, 0.15) is 42.7 Å². The van der Waals surface area contributed by atoms with Gasteiger partial charge in [0.15, 0.2) is 0 Å². The van der Waals surface area contributed by atoms with Crippen LogP contribution in [0.25, 0.3) is 0 Å². The summed E-state index contributed by atoms with van der Waals surface area (Å²) in [6.07, 6.45) is 5.53. The van der Waals surface area contributed by atoms with Gasteiger partial charge in [0.2, 0.25) is 0 Å². The van der Waals surface area contributed by atoms with Crippen molar-refractivity contribution >= 4 is 0 Å². The van der Waals surface area contributed by atoms with Crippen LogP contribution in [0.4, 0.5) is 0 Å². The molecule has 4 rings (SSSR count). The second-order valence-corrected chi connectivity index (χ2v) is 6.65. The lowest BCUT2D eigenvalue weighted by Crippen LogP contribution is -2.43. The van der Waals surface area contributed by atoms with E-state index in [1.165, 1.54) is 50.9 Å². The average Bonchev–Trinajstić information content (AvgIpc) is 3.18. The molecule has 0 bridgehead atoms. The van der Waals surface area contributed by atoms with Crippen molar-refractivity contribution in [2.24, 2.45) is 5.92 Å². The quantitative estimate of drug-likeness (QED) is 0.894. The van der Waals surface area contributed by atoms with Crippen LogP contribution in [-0.2, 0) is 6.54 Å². The highest BCUT2D eigenvalue weighted by Crippen LogP contribution is 2.40. The first-order valence-corrected chi connectivity index (χ1v) is 7.93. The van der Waals surface area contributed by atoms with E-state index in [-0.39, 0.29) is 0 Å². The third kappa shape index (κ3) is 2.56. The Bertz CT molecular complexity index is 452. The molecule has 1 aromatic rings. The summed E-state index contributed by atoms with van der Waals surface area (Å²) < 4.78 is 0. The average molecular weight is 256 g/mol. The summed E-state index contributed by atoms with van der Waals surface area (Å²) in [5.41, 5.74) is 3.10. The smallest absolute Gasteiger partial charge is 0.0233 e. The molecule has 1 aromatic carbocycles. The van der Waals surface area contributed by atoms with E-state index in [2.05, 4.69) is 34.5 Å². The van der Waals surface area contributed by atoms with Gasteiger partial charge in [-0.25, -0.2) is 0 Å². The summed E-state index contributed by atoms with van der Waals surface area (Å²) in [5.74, 6) is 1.78. The van der Waals surface area contributed by atoms with E-state index >= 15 is 0 Å². The van der Waals surface area contributed by atoms with Gasteiger partial charge in [-0.05, 0) is 61.7 Å².